The Morgan fingerprint density at radius 2 is 2.06 bits per heavy atom. The molecule has 0 aliphatic rings. The van der Waals surface area contributed by atoms with Crippen molar-refractivity contribution in [3.8, 4) is 0 Å². The van der Waals surface area contributed by atoms with Gasteiger partial charge in [-0.2, -0.15) is 0 Å². The molecule has 0 aliphatic heterocycles. The molecule has 0 saturated heterocycles. The van der Waals surface area contributed by atoms with Crippen molar-refractivity contribution in [3.05, 3.63) is 17.5 Å². The van der Waals surface area contributed by atoms with Crippen LogP contribution in [0.3, 0.4) is 0 Å². The third kappa shape index (κ3) is 2.75. The van der Waals surface area contributed by atoms with Crippen molar-refractivity contribution in [3.63, 3.8) is 0 Å². The maximum Gasteiger partial charge on any atom is 0.339 e. The van der Waals surface area contributed by atoms with E-state index in [0.717, 1.165) is 0 Å². The number of nitrogens with one attached hydrogen (secondary N) is 3. The van der Waals surface area contributed by atoms with Crippen LogP contribution in [-0.4, -0.2) is 28.1 Å². The predicted octanol–water partition coefficient (Wildman–Crippen LogP) is 1.55. The normalized spacial score (nSPS) is 10.2. The van der Waals surface area contributed by atoms with E-state index >= 15 is 0 Å². The first kappa shape index (κ1) is 12.1. The van der Waals surface area contributed by atoms with Gasteiger partial charge in [0.2, 0.25) is 0 Å². The van der Waals surface area contributed by atoms with Crippen molar-refractivity contribution in [2.24, 2.45) is 0 Å². The minimum absolute atomic E-state index is 0.00619. The van der Waals surface area contributed by atoms with Crippen LogP contribution >= 0.6 is 0 Å². The lowest BCUT2D eigenvalue weighted by atomic mass is 10.2. The highest BCUT2D eigenvalue weighted by atomic mass is 16.4. The summed E-state index contributed by atoms with van der Waals surface area (Å²) in [7, 11) is 0. The third-order valence-corrected chi connectivity index (χ3v) is 1.96. The van der Waals surface area contributed by atoms with Crippen LogP contribution in [0.2, 0.25) is 0 Å². The molecule has 0 radical (unpaired) electrons. The van der Waals surface area contributed by atoms with Gasteiger partial charge in [0.15, 0.2) is 0 Å². The molecule has 6 heteroatoms. The number of aromatic carboxylic acids is 1. The molecule has 1 aromatic rings. The number of urea groups is 1. The van der Waals surface area contributed by atoms with E-state index in [1.165, 1.54) is 6.20 Å². The lowest BCUT2D eigenvalue weighted by molar-refractivity contribution is 0.0697. The van der Waals surface area contributed by atoms with Gasteiger partial charge >= 0.3 is 12.0 Å². The molecule has 2 amide bonds. The zero-order chi connectivity index (χ0) is 12.3. The Bertz CT molecular complexity index is 409. The number of H-pyrrole nitrogens is 1. The molecule has 88 valence electrons. The number of carboxylic acids is 1. The highest BCUT2D eigenvalue weighted by molar-refractivity contribution is 6.01. The van der Waals surface area contributed by atoms with Crippen molar-refractivity contribution in [1.82, 2.24) is 10.3 Å². The second-order valence-electron chi connectivity index (χ2n) is 3.76. The molecule has 0 spiro atoms. The van der Waals surface area contributed by atoms with Gasteiger partial charge in [-0.25, -0.2) is 9.59 Å². The molecular weight excluding hydrogens is 210 g/mol. The Morgan fingerprint density at radius 1 is 1.44 bits per heavy atom. The third-order valence-electron chi connectivity index (χ3n) is 1.96. The van der Waals surface area contributed by atoms with Crippen LogP contribution in [0.1, 0.15) is 29.9 Å². The van der Waals surface area contributed by atoms with Crippen LogP contribution in [0.4, 0.5) is 10.5 Å². The van der Waals surface area contributed by atoms with E-state index in [9.17, 15) is 9.59 Å². The summed E-state index contributed by atoms with van der Waals surface area (Å²) in [6, 6.07) is -0.426. The molecule has 0 atom stereocenters. The minimum Gasteiger partial charge on any atom is -0.478 e. The van der Waals surface area contributed by atoms with Crippen LogP contribution in [0.25, 0.3) is 0 Å². The van der Waals surface area contributed by atoms with E-state index in [4.69, 9.17) is 5.11 Å². The van der Waals surface area contributed by atoms with Gasteiger partial charge in [-0.05, 0) is 20.8 Å². The number of hydrogen-bond acceptors (Lipinski definition) is 2. The zero-order valence-electron chi connectivity index (χ0n) is 9.42. The molecule has 0 aliphatic carbocycles. The number of aromatic amines is 1. The van der Waals surface area contributed by atoms with Crippen molar-refractivity contribution in [1.29, 1.82) is 0 Å². The maximum atomic E-state index is 11.4. The smallest absolute Gasteiger partial charge is 0.339 e. The average Bonchev–Trinajstić information content (AvgIpc) is 2.45. The van der Waals surface area contributed by atoms with Crippen LogP contribution < -0.4 is 10.6 Å². The molecule has 0 unspecified atom stereocenters. The second-order valence-corrected chi connectivity index (χ2v) is 3.76. The number of anilines is 1. The average molecular weight is 225 g/mol. The summed E-state index contributed by atoms with van der Waals surface area (Å²) in [5, 5.41) is 14.0. The number of aryl methyl sites for hydroxylation is 1. The quantitative estimate of drug-likeness (QED) is 0.628. The van der Waals surface area contributed by atoms with Crippen molar-refractivity contribution in [2.45, 2.75) is 26.8 Å². The van der Waals surface area contributed by atoms with Crippen molar-refractivity contribution >= 4 is 17.7 Å². The van der Waals surface area contributed by atoms with Gasteiger partial charge in [-0.3, -0.25) is 0 Å². The SMILES string of the molecule is Cc1[nH]cc(NC(=O)NC(C)C)c1C(=O)O. The molecule has 1 rings (SSSR count). The first-order valence-corrected chi connectivity index (χ1v) is 4.90. The van der Waals surface area contributed by atoms with Gasteiger partial charge in [-0.15, -0.1) is 0 Å². The fourth-order valence-electron chi connectivity index (χ4n) is 1.32. The van der Waals surface area contributed by atoms with Crippen LogP contribution in [-0.2, 0) is 0 Å². The highest BCUT2D eigenvalue weighted by Gasteiger charge is 2.16. The first-order chi connectivity index (χ1) is 7.41. The number of rotatable bonds is 3. The van der Waals surface area contributed by atoms with E-state index in [0.29, 0.717) is 5.69 Å². The van der Waals surface area contributed by atoms with E-state index in [2.05, 4.69) is 15.6 Å². The summed E-state index contributed by atoms with van der Waals surface area (Å²) in [5.41, 5.74) is 0.856. The summed E-state index contributed by atoms with van der Waals surface area (Å²) in [6.45, 7) is 5.27. The molecule has 4 N–H and O–H groups in total. The summed E-state index contributed by atoms with van der Waals surface area (Å²) in [6.07, 6.45) is 1.46. The minimum atomic E-state index is -1.07. The molecule has 1 heterocycles. The summed E-state index contributed by atoms with van der Waals surface area (Å²) in [5.74, 6) is -1.07. The van der Waals surface area contributed by atoms with E-state index in [1.54, 1.807) is 6.92 Å². The lowest BCUT2D eigenvalue weighted by Crippen LogP contribution is -2.34. The number of carbonyl (C=O) groups excluding carboxylic acids is 1. The van der Waals surface area contributed by atoms with Crippen molar-refractivity contribution < 1.29 is 14.7 Å². The fourth-order valence-corrected chi connectivity index (χ4v) is 1.32. The van der Waals surface area contributed by atoms with E-state index < -0.39 is 12.0 Å². The second kappa shape index (κ2) is 4.69. The fraction of sp³-hybridized carbons (Fsp3) is 0.400. The lowest BCUT2D eigenvalue weighted by Gasteiger charge is -2.09. The Balaban J connectivity index is 2.82. The summed E-state index contributed by atoms with van der Waals surface area (Å²) >= 11 is 0. The first-order valence-electron chi connectivity index (χ1n) is 4.90. The Hall–Kier alpha value is -1.98. The molecular formula is C10H15N3O3. The Morgan fingerprint density at radius 3 is 2.56 bits per heavy atom. The van der Waals surface area contributed by atoms with Gasteiger partial charge < -0.3 is 20.7 Å². The monoisotopic (exact) mass is 225 g/mol. The molecule has 0 aromatic carbocycles. The molecule has 16 heavy (non-hydrogen) atoms. The van der Waals surface area contributed by atoms with Crippen LogP contribution in [0.5, 0.6) is 0 Å². The van der Waals surface area contributed by atoms with Crippen molar-refractivity contribution in [2.75, 3.05) is 5.32 Å². The van der Waals surface area contributed by atoms with E-state index in [-0.39, 0.29) is 17.3 Å². The van der Waals surface area contributed by atoms with Crippen LogP contribution in [0, 0.1) is 6.92 Å². The number of hydrogen-bond donors (Lipinski definition) is 4. The largest absolute Gasteiger partial charge is 0.478 e. The Kier molecular flexibility index (Phi) is 3.55. The molecule has 6 nitrogen and oxygen atoms in total. The summed E-state index contributed by atoms with van der Waals surface area (Å²) in [4.78, 5) is 25.0. The maximum absolute atomic E-state index is 11.4. The van der Waals surface area contributed by atoms with Gasteiger partial charge in [0.1, 0.15) is 5.56 Å². The van der Waals surface area contributed by atoms with Gasteiger partial charge in [0.05, 0.1) is 5.69 Å². The standard InChI is InChI=1S/C10H15N3O3/c1-5(2)12-10(16)13-7-4-11-6(3)8(7)9(14)15/h4-5,11H,1-3H3,(H,14,15)(H2,12,13,16). The highest BCUT2D eigenvalue weighted by Crippen LogP contribution is 2.18. The predicted molar refractivity (Wildman–Crippen MR) is 59.8 cm³/mol. The molecule has 1 aromatic heterocycles. The Labute approximate surface area is 93.0 Å². The number of amides is 2. The molecule has 0 saturated carbocycles. The van der Waals surface area contributed by atoms with Gasteiger partial charge in [0.25, 0.3) is 0 Å². The zero-order valence-corrected chi connectivity index (χ0v) is 9.42. The summed E-state index contributed by atoms with van der Waals surface area (Å²) < 4.78 is 0. The van der Waals surface area contributed by atoms with E-state index in [1.807, 2.05) is 13.8 Å². The van der Waals surface area contributed by atoms with Gasteiger partial charge in [0, 0.05) is 17.9 Å². The molecule has 0 fully saturated rings. The number of aromatic nitrogens is 1. The van der Waals surface area contributed by atoms with Crippen LogP contribution in [0.15, 0.2) is 6.20 Å². The van der Waals surface area contributed by atoms with Gasteiger partial charge in [-0.1, -0.05) is 0 Å². The topological polar surface area (TPSA) is 94.2 Å². The number of carbonyl (C=O) groups is 2. The molecule has 0 bridgehead atoms. The number of carboxylic acid groups (broad SMARTS) is 1.